The number of nitrogens with one attached hydrogen (secondary N) is 1. The summed E-state index contributed by atoms with van der Waals surface area (Å²) in [6.07, 6.45) is -0.0621. The van der Waals surface area contributed by atoms with E-state index in [0.29, 0.717) is 5.56 Å². The molecule has 0 aliphatic carbocycles. The Kier molecular flexibility index (Phi) is 2.23. The molecule has 2 saturated heterocycles. The Morgan fingerprint density at radius 3 is 2.39 bits per heavy atom. The molecule has 2 aliphatic heterocycles. The van der Waals surface area contributed by atoms with Gasteiger partial charge < -0.3 is 10.2 Å². The second-order valence-electron chi connectivity index (χ2n) is 4.76. The molecule has 5 heteroatoms. The van der Waals surface area contributed by atoms with Crippen LogP contribution in [-0.2, 0) is 9.59 Å². The molecule has 5 nitrogen and oxygen atoms in total. The molecule has 0 saturated carbocycles. The second-order valence-corrected chi connectivity index (χ2v) is 4.76. The van der Waals surface area contributed by atoms with E-state index in [0.717, 1.165) is 0 Å². The number of nitrogens with zero attached hydrogens (tertiary/aromatic N) is 1. The quantitative estimate of drug-likeness (QED) is 0.705. The molecule has 2 aliphatic rings. The first-order chi connectivity index (χ1) is 8.61. The third-order valence-electron chi connectivity index (χ3n) is 3.46. The van der Waals surface area contributed by atoms with Gasteiger partial charge in [0.2, 0.25) is 5.91 Å². The molecule has 2 fully saturated rings. The Bertz CT molecular complexity index is 532. The van der Waals surface area contributed by atoms with Crippen molar-refractivity contribution in [1.29, 1.82) is 0 Å². The normalized spacial score (nSPS) is 20.8. The van der Waals surface area contributed by atoms with E-state index in [1.807, 2.05) is 6.07 Å². The Hall–Kier alpha value is -2.17. The van der Waals surface area contributed by atoms with Gasteiger partial charge in [0, 0.05) is 5.56 Å². The van der Waals surface area contributed by atoms with Crippen molar-refractivity contribution in [2.75, 3.05) is 13.1 Å². The molecule has 0 atom stereocenters. The van der Waals surface area contributed by atoms with Crippen molar-refractivity contribution in [2.24, 2.45) is 0 Å². The fourth-order valence-corrected chi connectivity index (χ4v) is 2.46. The Labute approximate surface area is 104 Å². The molecule has 0 unspecified atom stereocenters. The van der Waals surface area contributed by atoms with Crippen LogP contribution in [0, 0.1) is 0 Å². The number of carbonyl (C=O) groups is 3. The molecule has 18 heavy (non-hydrogen) atoms. The largest absolute Gasteiger partial charge is 0.340 e. The monoisotopic (exact) mass is 244 g/mol. The zero-order chi connectivity index (χ0) is 12.8. The first kappa shape index (κ1) is 11.0. The van der Waals surface area contributed by atoms with Gasteiger partial charge in [0.1, 0.15) is 5.54 Å². The first-order valence-corrected chi connectivity index (χ1v) is 5.79. The smallest absolute Gasteiger partial charge is 0.254 e. The van der Waals surface area contributed by atoms with E-state index in [4.69, 9.17) is 0 Å². The number of carbonyl (C=O) groups excluding carboxylic acids is 3. The number of Topliss-reactive ketones (excluding diaryl/α,β-unsaturated/α-hetero) is 1. The minimum atomic E-state index is -0.804. The summed E-state index contributed by atoms with van der Waals surface area (Å²) >= 11 is 0. The highest BCUT2D eigenvalue weighted by atomic mass is 16.2. The maximum atomic E-state index is 12.1. The van der Waals surface area contributed by atoms with Gasteiger partial charge in [-0.15, -0.1) is 0 Å². The van der Waals surface area contributed by atoms with Crippen molar-refractivity contribution < 1.29 is 14.4 Å². The number of rotatable bonds is 1. The molecule has 3 rings (SSSR count). The lowest BCUT2D eigenvalue weighted by Gasteiger charge is -2.46. The van der Waals surface area contributed by atoms with Crippen molar-refractivity contribution >= 4 is 17.6 Å². The number of amides is 2. The highest BCUT2D eigenvalue weighted by Gasteiger charge is 2.55. The fourth-order valence-electron chi connectivity index (χ4n) is 2.46. The number of benzene rings is 1. The summed E-state index contributed by atoms with van der Waals surface area (Å²) in [5, 5.41) is 2.67. The standard InChI is InChI=1S/C13H12N2O3/c16-10-6-11(17)14-13(10)7-15(8-13)12(18)9-4-2-1-3-5-9/h1-5H,6-8H2,(H,14,17). The molecule has 1 aromatic rings. The molecule has 0 radical (unpaired) electrons. The Balaban J connectivity index is 1.71. The minimum Gasteiger partial charge on any atom is -0.340 e. The molecule has 0 aromatic heterocycles. The number of hydrogen-bond acceptors (Lipinski definition) is 3. The van der Waals surface area contributed by atoms with E-state index < -0.39 is 5.54 Å². The summed E-state index contributed by atoms with van der Waals surface area (Å²) in [5.41, 5.74) is -0.203. The van der Waals surface area contributed by atoms with Gasteiger partial charge in [-0.3, -0.25) is 14.4 Å². The molecular weight excluding hydrogens is 232 g/mol. The lowest BCUT2D eigenvalue weighted by Crippen LogP contribution is -2.71. The predicted molar refractivity (Wildman–Crippen MR) is 62.8 cm³/mol. The molecule has 2 amide bonds. The van der Waals surface area contributed by atoms with Crippen molar-refractivity contribution in [3.8, 4) is 0 Å². The van der Waals surface area contributed by atoms with Gasteiger partial charge in [-0.25, -0.2) is 0 Å². The summed E-state index contributed by atoms with van der Waals surface area (Å²) in [4.78, 5) is 36.5. The van der Waals surface area contributed by atoms with Crippen LogP contribution in [0.4, 0.5) is 0 Å². The van der Waals surface area contributed by atoms with Crippen LogP contribution in [0.15, 0.2) is 30.3 Å². The van der Waals surface area contributed by atoms with Crippen LogP contribution in [0.1, 0.15) is 16.8 Å². The van der Waals surface area contributed by atoms with Gasteiger partial charge >= 0.3 is 0 Å². The Morgan fingerprint density at radius 2 is 1.83 bits per heavy atom. The van der Waals surface area contributed by atoms with Gasteiger partial charge in [-0.2, -0.15) is 0 Å². The van der Waals surface area contributed by atoms with Crippen LogP contribution in [0.2, 0.25) is 0 Å². The molecule has 1 N–H and O–H groups in total. The summed E-state index contributed by atoms with van der Waals surface area (Å²) in [6, 6.07) is 8.91. The molecule has 1 aromatic carbocycles. The summed E-state index contributed by atoms with van der Waals surface area (Å²) < 4.78 is 0. The zero-order valence-corrected chi connectivity index (χ0v) is 9.68. The molecule has 1 spiro atoms. The van der Waals surface area contributed by atoms with Crippen molar-refractivity contribution in [2.45, 2.75) is 12.0 Å². The third-order valence-corrected chi connectivity index (χ3v) is 3.46. The van der Waals surface area contributed by atoms with Crippen LogP contribution in [0.25, 0.3) is 0 Å². The maximum Gasteiger partial charge on any atom is 0.254 e. The minimum absolute atomic E-state index is 0.0621. The van der Waals surface area contributed by atoms with Crippen LogP contribution in [0.5, 0.6) is 0 Å². The lowest BCUT2D eigenvalue weighted by atomic mass is 9.86. The highest BCUT2D eigenvalue weighted by Crippen LogP contribution is 2.28. The van der Waals surface area contributed by atoms with Gasteiger partial charge in [-0.1, -0.05) is 18.2 Å². The predicted octanol–water partition coefficient (Wildman–Crippen LogP) is -0.0298. The average Bonchev–Trinajstić information content (AvgIpc) is 2.63. The second kappa shape index (κ2) is 3.66. The van der Waals surface area contributed by atoms with Crippen LogP contribution >= 0.6 is 0 Å². The van der Waals surface area contributed by atoms with E-state index in [1.165, 1.54) is 0 Å². The Morgan fingerprint density at radius 1 is 1.17 bits per heavy atom. The summed E-state index contributed by atoms with van der Waals surface area (Å²) in [5.74, 6) is -0.452. The van der Waals surface area contributed by atoms with E-state index in [-0.39, 0.29) is 37.1 Å². The maximum absolute atomic E-state index is 12.1. The van der Waals surface area contributed by atoms with Crippen LogP contribution in [-0.4, -0.2) is 41.1 Å². The van der Waals surface area contributed by atoms with E-state index in [1.54, 1.807) is 29.2 Å². The first-order valence-electron chi connectivity index (χ1n) is 5.79. The van der Waals surface area contributed by atoms with Crippen LogP contribution < -0.4 is 5.32 Å². The van der Waals surface area contributed by atoms with Gasteiger partial charge in [0.25, 0.3) is 5.91 Å². The summed E-state index contributed by atoms with van der Waals surface area (Å²) in [6.45, 7) is 0.566. The van der Waals surface area contributed by atoms with Crippen molar-refractivity contribution in [1.82, 2.24) is 10.2 Å². The third kappa shape index (κ3) is 1.51. The number of likely N-dealkylation sites (tertiary alicyclic amines) is 1. The SMILES string of the molecule is O=C1CC(=O)C2(CN(C(=O)c3ccccc3)C2)N1. The zero-order valence-electron chi connectivity index (χ0n) is 9.68. The molecule has 92 valence electrons. The fraction of sp³-hybridized carbons (Fsp3) is 0.308. The van der Waals surface area contributed by atoms with Crippen LogP contribution in [0.3, 0.4) is 0 Å². The summed E-state index contributed by atoms with van der Waals surface area (Å²) in [7, 11) is 0. The van der Waals surface area contributed by atoms with Gasteiger partial charge in [0.05, 0.1) is 19.5 Å². The number of hydrogen-bond donors (Lipinski definition) is 1. The van der Waals surface area contributed by atoms with Crippen molar-refractivity contribution in [3.63, 3.8) is 0 Å². The van der Waals surface area contributed by atoms with E-state index in [2.05, 4.69) is 5.32 Å². The van der Waals surface area contributed by atoms with Gasteiger partial charge in [0.15, 0.2) is 5.78 Å². The molecular formula is C13H12N2O3. The number of ketones is 1. The average molecular weight is 244 g/mol. The molecule has 2 heterocycles. The topological polar surface area (TPSA) is 66.5 Å². The van der Waals surface area contributed by atoms with Gasteiger partial charge in [-0.05, 0) is 12.1 Å². The van der Waals surface area contributed by atoms with E-state index in [9.17, 15) is 14.4 Å². The van der Waals surface area contributed by atoms with Crippen molar-refractivity contribution in [3.05, 3.63) is 35.9 Å². The van der Waals surface area contributed by atoms with E-state index >= 15 is 0 Å². The molecule has 0 bridgehead atoms. The lowest BCUT2D eigenvalue weighted by molar-refractivity contribution is -0.126. The highest BCUT2D eigenvalue weighted by molar-refractivity contribution is 6.12.